The third kappa shape index (κ3) is 3.38. The second-order valence-corrected chi connectivity index (χ2v) is 3.99. The van der Waals surface area contributed by atoms with Crippen molar-refractivity contribution in [1.29, 1.82) is 0 Å². The summed E-state index contributed by atoms with van der Waals surface area (Å²) in [4.78, 5) is 8.12. The molecule has 100 valence electrons. The number of aryl methyl sites for hydroxylation is 1. The first-order valence-corrected chi connectivity index (χ1v) is 5.65. The van der Waals surface area contributed by atoms with Crippen LogP contribution in [-0.2, 0) is 11.3 Å². The smallest absolute Gasteiger partial charge is 0.224 e. The fraction of sp³-hybridized carbons (Fsp3) is 0.231. The van der Waals surface area contributed by atoms with Gasteiger partial charge in [-0.2, -0.15) is 4.98 Å². The van der Waals surface area contributed by atoms with E-state index in [1.807, 2.05) is 6.92 Å². The SMILES string of the molecule is COCc1nc(N)cc(Oc2cc(F)ccc2C)n1. The van der Waals surface area contributed by atoms with Gasteiger partial charge in [0.05, 0.1) is 0 Å². The summed E-state index contributed by atoms with van der Waals surface area (Å²) in [6, 6.07) is 5.77. The van der Waals surface area contributed by atoms with Gasteiger partial charge in [-0.3, -0.25) is 0 Å². The van der Waals surface area contributed by atoms with Crippen molar-refractivity contribution in [2.75, 3.05) is 12.8 Å². The van der Waals surface area contributed by atoms with Crippen molar-refractivity contribution >= 4 is 5.82 Å². The number of nitrogen functional groups attached to an aromatic ring is 1. The first-order valence-electron chi connectivity index (χ1n) is 5.65. The highest BCUT2D eigenvalue weighted by atomic mass is 19.1. The van der Waals surface area contributed by atoms with Gasteiger partial charge in [-0.05, 0) is 18.6 Å². The van der Waals surface area contributed by atoms with Gasteiger partial charge in [-0.1, -0.05) is 6.07 Å². The van der Waals surface area contributed by atoms with Crippen LogP contribution in [0.4, 0.5) is 10.2 Å². The molecule has 0 aliphatic heterocycles. The molecule has 0 aliphatic rings. The number of anilines is 1. The Morgan fingerprint density at radius 2 is 2.05 bits per heavy atom. The van der Waals surface area contributed by atoms with E-state index in [0.29, 0.717) is 11.6 Å². The van der Waals surface area contributed by atoms with Crippen molar-refractivity contribution in [2.24, 2.45) is 0 Å². The van der Waals surface area contributed by atoms with Crippen molar-refractivity contribution in [1.82, 2.24) is 9.97 Å². The lowest BCUT2D eigenvalue weighted by Crippen LogP contribution is -2.03. The fourth-order valence-electron chi connectivity index (χ4n) is 1.53. The van der Waals surface area contributed by atoms with Crippen LogP contribution in [0.25, 0.3) is 0 Å². The van der Waals surface area contributed by atoms with Crippen molar-refractivity contribution in [2.45, 2.75) is 13.5 Å². The summed E-state index contributed by atoms with van der Waals surface area (Å²) in [5.41, 5.74) is 6.45. The maximum Gasteiger partial charge on any atom is 0.224 e. The van der Waals surface area contributed by atoms with E-state index in [0.717, 1.165) is 5.56 Å². The molecule has 1 aromatic carbocycles. The molecule has 0 amide bonds. The Kier molecular flexibility index (Phi) is 3.91. The van der Waals surface area contributed by atoms with Crippen molar-refractivity contribution in [3.05, 3.63) is 41.5 Å². The minimum absolute atomic E-state index is 0.226. The van der Waals surface area contributed by atoms with Gasteiger partial charge in [0.2, 0.25) is 5.88 Å². The zero-order chi connectivity index (χ0) is 13.8. The van der Waals surface area contributed by atoms with Gasteiger partial charge in [0.25, 0.3) is 0 Å². The number of nitrogens with two attached hydrogens (primary N) is 1. The third-order valence-electron chi connectivity index (χ3n) is 2.41. The summed E-state index contributed by atoms with van der Waals surface area (Å²) in [7, 11) is 1.53. The first kappa shape index (κ1) is 13.2. The number of ether oxygens (including phenoxy) is 2. The molecule has 2 rings (SSSR count). The summed E-state index contributed by atoms with van der Waals surface area (Å²) in [5.74, 6) is 0.951. The summed E-state index contributed by atoms with van der Waals surface area (Å²) >= 11 is 0. The van der Waals surface area contributed by atoms with Gasteiger partial charge in [-0.15, -0.1) is 0 Å². The molecule has 2 aromatic rings. The standard InChI is InChI=1S/C13H14FN3O2/c1-8-3-4-9(14)5-10(8)19-13-6-11(15)16-12(17-13)7-18-2/h3-6H,7H2,1-2H3,(H2,15,16,17). The van der Waals surface area contributed by atoms with Crippen LogP contribution in [0.3, 0.4) is 0 Å². The molecule has 5 nitrogen and oxygen atoms in total. The molecular weight excluding hydrogens is 249 g/mol. The van der Waals surface area contributed by atoms with Crippen molar-refractivity contribution < 1.29 is 13.9 Å². The van der Waals surface area contributed by atoms with Crippen LogP contribution in [0.2, 0.25) is 0 Å². The summed E-state index contributed by atoms with van der Waals surface area (Å²) in [5, 5.41) is 0. The number of methoxy groups -OCH3 is 1. The first-order chi connectivity index (χ1) is 9.08. The Hall–Kier alpha value is -2.21. The summed E-state index contributed by atoms with van der Waals surface area (Å²) in [6.45, 7) is 2.04. The molecule has 19 heavy (non-hydrogen) atoms. The number of hydrogen-bond donors (Lipinski definition) is 1. The predicted octanol–water partition coefficient (Wildman–Crippen LogP) is 2.45. The van der Waals surface area contributed by atoms with Crippen molar-refractivity contribution in [3.63, 3.8) is 0 Å². The van der Waals surface area contributed by atoms with Crippen LogP contribution in [-0.4, -0.2) is 17.1 Å². The lowest BCUT2D eigenvalue weighted by molar-refractivity contribution is 0.177. The molecule has 1 heterocycles. The van der Waals surface area contributed by atoms with Crippen LogP contribution in [0.1, 0.15) is 11.4 Å². The highest BCUT2D eigenvalue weighted by Gasteiger charge is 2.07. The Bertz CT molecular complexity index is 590. The quantitative estimate of drug-likeness (QED) is 0.917. The molecule has 0 bridgehead atoms. The lowest BCUT2D eigenvalue weighted by atomic mass is 10.2. The highest BCUT2D eigenvalue weighted by Crippen LogP contribution is 2.25. The van der Waals surface area contributed by atoms with Gasteiger partial charge in [-0.25, -0.2) is 9.37 Å². The highest BCUT2D eigenvalue weighted by molar-refractivity contribution is 5.39. The molecule has 0 atom stereocenters. The van der Waals surface area contributed by atoms with Gasteiger partial charge >= 0.3 is 0 Å². The predicted molar refractivity (Wildman–Crippen MR) is 68.4 cm³/mol. The minimum Gasteiger partial charge on any atom is -0.438 e. The van der Waals surface area contributed by atoms with E-state index < -0.39 is 0 Å². The van der Waals surface area contributed by atoms with E-state index in [2.05, 4.69) is 9.97 Å². The number of halogens is 1. The molecule has 0 spiro atoms. The normalized spacial score (nSPS) is 10.5. The number of benzene rings is 1. The summed E-state index contributed by atoms with van der Waals surface area (Å²) < 4.78 is 23.6. The van der Waals surface area contributed by atoms with Gasteiger partial charge in [0, 0.05) is 19.2 Å². The molecule has 0 saturated carbocycles. The number of aromatic nitrogens is 2. The van der Waals surface area contributed by atoms with Gasteiger partial charge < -0.3 is 15.2 Å². The maximum absolute atomic E-state index is 13.2. The summed E-state index contributed by atoms with van der Waals surface area (Å²) in [6.07, 6.45) is 0. The molecule has 0 unspecified atom stereocenters. The lowest BCUT2D eigenvalue weighted by Gasteiger charge is -2.09. The third-order valence-corrected chi connectivity index (χ3v) is 2.41. The number of rotatable bonds is 4. The zero-order valence-corrected chi connectivity index (χ0v) is 10.7. The Morgan fingerprint density at radius 3 is 2.79 bits per heavy atom. The Morgan fingerprint density at radius 1 is 1.26 bits per heavy atom. The number of nitrogens with zero attached hydrogens (tertiary/aromatic N) is 2. The van der Waals surface area contributed by atoms with Crippen LogP contribution in [0, 0.1) is 12.7 Å². The monoisotopic (exact) mass is 263 g/mol. The van der Waals surface area contributed by atoms with Crippen LogP contribution in [0.5, 0.6) is 11.6 Å². The van der Waals surface area contributed by atoms with E-state index >= 15 is 0 Å². The minimum atomic E-state index is -0.375. The van der Waals surface area contributed by atoms with E-state index in [9.17, 15) is 4.39 Å². The zero-order valence-electron chi connectivity index (χ0n) is 10.7. The van der Waals surface area contributed by atoms with Crippen LogP contribution >= 0.6 is 0 Å². The largest absolute Gasteiger partial charge is 0.438 e. The van der Waals surface area contributed by atoms with Crippen LogP contribution in [0.15, 0.2) is 24.3 Å². The molecular formula is C13H14FN3O2. The molecule has 1 aromatic heterocycles. The second-order valence-electron chi connectivity index (χ2n) is 3.99. The Balaban J connectivity index is 2.29. The van der Waals surface area contributed by atoms with Gasteiger partial charge in [0.15, 0.2) is 5.82 Å². The van der Waals surface area contributed by atoms with E-state index in [1.165, 1.54) is 25.3 Å². The van der Waals surface area contributed by atoms with E-state index in [4.69, 9.17) is 15.2 Å². The average molecular weight is 263 g/mol. The average Bonchev–Trinajstić information content (AvgIpc) is 2.33. The van der Waals surface area contributed by atoms with Crippen molar-refractivity contribution in [3.8, 4) is 11.6 Å². The molecule has 0 fully saturated rings. The molecule has 0 radical (unpaired) electrons. The molecule has 6 heteroatoms. The van der Waals surface area contributed by atoms with Crippen LogP contribution < -0.4 is 10.5 Å². The molecule has 0 aliphatic carbocycles. The van der Waals surface area contributed by atoms with E-state index in [1.54, 1.807) is 6.07 Å². The fourth-order valence-corrected chi connectivity index (χ4v) is 1.53. The van der Waals surface area contributed by atoms with E-state index in [-0.39, 0.29) is 24.1 Å². The second kappa shape index (κ2) is 5.62. The molecule has 2 N–H and O–H groups in total. The topological polar surface area (TPSA) is 70.3 Å². The van der Waals surface area contributed by atoms with Gasteiger partial charge in [0.1, 0.15) is 24.0 Å². The maximum atomic E-state index is 13.2. The molecule has 0 saturated heterocycles. The Labute approximate surface area is 110 Å². The number of hydrogen-bond acceptors (Lipinski definition) is 5.